The molecule has 2 aromatic heterocycles. The minimum absolute atomic E-state index is 0.100. The third-order valence-corrected chi connectivity index (χ3v) is 7.52. The molecule has 3 aromatic rings. The summed E-state index contributed by atoms with van der Waals surface area (Å²) in [4.78, 5) is 33.4. The SMILES string of the molecule is Cc1cc([C@H](C(=O)N2CC[C@H](F)[C@H]2C(=O)N[C@@H](C)c2ccc(-c3scnc3C)cc2)C(C)C)on1. The summed E-state index contributed by atoms with van der Waals surface area (Å²) in [6, 6.07) is 8.09. The molecule has 0 aliphatic carbocycles. The van der Waals surface area contributed by atoms with Crippen molar-refractivity contribution < 1.29 is 18.5 Å². The molecule has 1 saturated heterocycles. The second kappa shape index (κ2) is 10.3. The van der Waals surface area contributed by atoms with Gasteiger partial charge >= 0.3 is 0 Å². The summed E-state index contributed by atoms with van der Waals surface area (Å²) in [5, 5.41) is 6.81. The van der Waals surface area contributed by atoms with Gasteiger partial charge in [-0.25, -0.2) is 9.37 Å². The maximum Gasteiger partial charge on any atom is 0.246 e. The topological polar surface area (TPSA) is 88.3 Å². The molecule has 9 heteroatoms. The van der Waals surface area contributed by atoms with E-state index in [0.29, 0.717) is 11.5 Å². The molecule has 0 spiro atoms. The lowest BCUT2D eigenvalue weighted by atomic mass is 9.91. The van der Waals surface area contributed by atoms with Crippen LogP contribution in [0.3, 0.4) is 0 Å². The minimum Gasteiger partial charge on any atom is -0.360 e. The summed E-state index contributed by atoms with van der Waals surface area (Å²) in [5.41, 5.74) is 5.42. The fraction of sp³-hybridized carbons (Fsp3) is 0.462. The van der Waals surface area contributed by atoms with Gasteiger partial charge < -0.3 is 14.7 Å². The molecule has 1 aliphatic heterocycles. The normalized spacial score (nSPS) is 19.7. The zero-order valence-corrected chi connectivity index (χ0v) is 21.4. The van der Waals surface area contributed by atoms with Crippen molar-refractivity contribution in [3.8, 4) is 10.4 Å². The Kier molecular flexibility index (Phi) is 7.35. The third-order valence-electron chi connectivity index (χ3n) is 6.54. The summed E-state index contributed by atoms with van der Waals surface area (Å²) in [6.45, 7) is 9.60. The van der Waals surface area contributed by atoms with Gasteiger partial charge in [0.25, 0.3) is 0 Å². The molecule has 1 N–H and O–H groups in total. The fourth-order valence-corrected chi connectivity index (χ4v) is 5.45. The van der Waals surface area contributed by atoms with E-state index in [9.17, 15) is 14.0 Å². The maximum atomic E-state index is 14.9. The Morgan fingerprint density at radius 1 is 1.20 bits per heavy atom. The summed E-state index contributed by atoms with van der Waals surface area (Å²) < 4.78 is 20.3. The molecule has 1 aliphatic rings. The highest BCUT2D eigenvalue weighted by atomic mass is 32.1. The molecule has 4 atom stereocenters. The van der Waals surface area contributed by atoms with E-state index in [1.807, 2.05) is 57.5 Å². The average Bonchev–Trinajstić information content (AvgIpc) is 3.53. The molecule has 1 aromatic carbocycles. The number of rotatable bonds is 7. The zero-order valence-electron chi connectivity index (χ0n) is 20.6. The Morgan fingerprint density at radius 2 is 1.91 bits per heavy atom. The van der Waals surface area contributed by atoms with Gasteiger partial charge in [-0.1, -0.05) is 43.3 Å². The Balaban J connectivity index is 1.48. The molecule has 0 saturated carbocycles. The first-order chi connectivity index (χ1) is 16.7. The van der Waals surface area contributed by atoms with E-state index in [1.165, 1.54) is 4.90 Å². The summed E-state index contributed by atoms with van der Waals surface area (Å²) in [7, 11) is 0. The van der Waals surface area contributed by atoms with Crippen LogP contribution in [-0.4, -0.2) is 45.6 Å². The number of halogens is 1. The van der Waals surface area contributed by atoms with Crippen LogP contribution in [0.2, 0.25) is 0 Å². The smallest absolute Gasteiger partial charge is 0.246 e. The lowest BCUT2D eigenvalue weighted by Crippen LogP contribution is -2.51. The van der Waals surface area contributed by atoms with E-state index < -0.39 is 24.0 Å². The number of benzene rings is 1. The molecule has 186 valence electrons. The van der Waals surface area contributed by atoms with Gasteiger partial charge in [-0.15, -0.1) is 11.3 Å². The second-order valence-electron chi connectivity index (χ2n) is 9.49. The third kappa shape index (κ3) is 5.15. The van der Waals surface area contributed by atoms with Gasteiger partial charge in [0.05, 0.1) is 27.8 Å². The van der Waals surface area contributed by atoms with E-state index in [2.05, 4.69) is 15.5 Å². The number of amides is 2. The molecule has 7 nitrogen and oxygen atoms in total. The van der Waals surface area contributed by atoms with Crippen LogP contribution in [0.25, 0.3) is 10.4 Å². The van der Waals surface area contributed by atoms with Crippen LogP contribution in [0.15, 0.2) is 40.4 Å². The molecule has 35 heavy (non-hydrogen) atoms. The first-order valence-electron chi connectivity index (χ1n) is 11.9. The van der Waals surface area contributed by atoms with E-state index in [-0.39, 0.29) is 30.8 Å². The quantitative estimate of drug-likeness (QED) is 0.497. The number of thiazole rings is 1. The number of alkyl halides is 1. The lowest BCUT2D eigenvalue weighted by molar-refractivity contribution is -0.142. The van der Waals surface area contributed by atoms with E-state index in [4.69, 9.17) is 4.52 Å². The van der Waals surface area contributed by atoms with Crippen molar-refractivity contribution in [3.63, 3.8) is 0 Å². The van der Waals surface area contributed by atoms with Gasteiger partial charge in [-0.05, 0) is 44.2 Å². The number of nitrogens with zero attached hydrogens (tertiary/aromatic N) is 3. The zero-order chi connectivity index (χ0) is 25.3. The van der Waals surface area contributed by atoms with Crippen molar-refractivity contribution in [3.05, 3.63) is 58.6 Å². The van der Waals surface area contributed by atoms with Crippen LogP contribution in [0.1, 0.15) is 61.9 Å². The molecule has 0 radical (unpaired) electrons. The van der Waals surface area contributed by atoms with Crippen LogP contribution in [0.4, 0.5) is 4.39 Å². The second-order valence-corrected chi connectivity index (χ2v) is 10.3. The van der Waals surface area contributed by atoms with Crippen LogP contribution >= 0.6 is 11.3 Å². The van der Waals surface area contributed by atoms with Crippen molar-refractivity contribution in [1.82, 2.24) is 20.4 Å². The number of likely N-dealkylation sites (tertiary alicyclic amines) is 1. The fourth-order valence-electron chi connectivity index (χ4n) is 4.64. The highest BCUT2D eigenvalue weighted by Gasteiger charge is 2.45. The Morgan fingerprint density at radius 3 is 2.49 bits per heavy atom. The van der Waals surface area contributed by atoms with E-state index in [0.717, 1.165) is 21.7 Å². The lowest BCUT2D eigenvalue weighted by Gasteiger charge is -2.30. The Bertz CT molecular complexity index is 1190. The van der Waals surface area contributed by atoms with Crippen molar-refractivity contribution in [1.29, 1.82) is 0 Å². The number of aryl methyl sites for hydroxylation is 2. The van der Waals surface area contributed by atoms with Gasteiger partial charge in [0.2, 0.25) is 11.8 Å². The number of nitrogens with one attached hydrogen (secondary N) is 1. The molecule has 1 fully saturated rings. The maximum absolute atomic E-state index is 14.9. The molecule has 2 amide bonds. The highest BCUT2D eigenvalue weighted by molar-refractivity contribution is 7.13. The molecular formula is C26H31FN4O3S. The predicted octanol–water partition coefficient (Wildman–Crippen LogP) is 4.97. The van der Waals surface area contributed by atoms with Crippen LogP contribution in [-0.2, 0) is 9.59 Å². The number of aromatic nitrogens is 2. The first kappa shape index (κ1) is 25.0. The first-order valence-corrected chi connectivity index (χ1v) is 12.7. The van der Waals surface area contributed by atoms with Crippen LogP contribution in [0.5, 0.6) is 0 Å². The van der Waals surface area contributed by atoms with Gasteiger partial charge in [0, 0.05) is 12.6 Å². The number of carbonyl (C=O) groups excluding carboxylic acids is 2. The minimum atomic E-state index is -1.42. The summed E-state index contributed by atoms with van der Waals surface area (Å²) in [6.07, 6.45) is -1.30. The largest absolute Gasteiger partial charge is 0.360 e. The monoisotopic (exact) mass is 498 g/mol. The molecule has 4 rings (SSSR count). The van der Waals surface area contributed by atoms with Crippen molar-refractivity contribution >= 4 is 23.2 Å². The standard InChI is InChI=1S/C26H31FN4O3S/c1-14(2)22(21-12-15(3)30-34-21)26(33)31-11-10-20(27)23(31)25(32)29-16(4)18-6-8-19(9-7-18)24-17(5)28-13-35-24/h6-9,12-14,16,20,22-23H,10-11H2,1-5H3,(H,29,32)/t16-,20-,22+,23-/m0/s1. The number of hydrogen-bond donors (Lipinski definition) is 1. The number of hydrogen-bond acceptors (Lipinski definition) is 6. The van der Waals surface area contributed by atoms with Gasteiger partial charge in [-0.2, -0.15) is 0 Å². The van der Waals surface area contributed by atoms with E-state index >= 15 is 0 Å². The predicted molar refractivity (Wildman–Crippen MR) is 133 cm³/mol. The molecular weight excluding hydrogens is 467 g/mol. The Hall–Kier alpha value is -3.07. The van der Waals surface area contributed by atoms with Gasteiger partial charge in [-0.3, -0.25) is 9.59 Å². The number of carbonyl (C=O) groups is 2. The van der Waals surface area contributed by atoms with Crippen molar-refractivity contribution in [2.45, 2.75) is 65.2 Å². The van der Waals surface area contributed by atoms with Crippen molar-refractivity contribution in [2.75, 3.05) is 6.54 Å². The van der Waals surface area contributed by atoms with E-state index in [1.54, 1.807) is 24.3 Å². The summed E-state index contributed by atoms with van der Waals surface area (Å²) in [5.74, 6) is -1.09. The molecule has 0 unspecified atom stereocenters. The van der Waals surface area contributed by atoms with Crippen LogP contribution in [0, 0.1) is 19.8 Å². The molecule has 3 heterocycles. The van der Waals surface area contributed by atoms with Crippen LogP contribution < -0.4 is 5.32 Å². The highest BCUT2D eigenvalue weighted by Crippen LogP contribution is 2.32. The average molecular weight is 499 g/mol. The van der Waals surface area contributed by atoms with Crippen molar-refractivity contribution in [2.24, 2.45) is 5.92 Å². The van der Waals surface area contributed by atoms with Gasteiger partial charge in [0.1, 0.15) is 23.9 Å². The Labute approximate surface area is 208 Å². The summed E-state index contributed by atoms with van der Waals surface area (Å²) >= 11 is 1.58. The molecule has 0 bridgehead atoms. The van der Waals surface area contributed by atoms with Gasteiger partial charge in [0.15, 0.2) is 0 Å².